The Kier molecular flexibility index (Phi) is 6.10. The van der Waals surface area contributed by atoms with E-state index in [1.165, 1.54) is 30.5 Å². The van der Waals surface area contributed by atoms with Crippen molar-refractivity contribution in [2.75, 3.05) is 32.8 Å². The van der Waals surface area contributed by atoms with E-state index >= 15 is 0 Å². The van der Waals surface area contributed by atoms with Crippen LogP contribution < -0.4 is 4.74 Å². The van der Waals surface area contributed by atoms with Gasteiger partial charge in [-0.05, 0) is 72.4 Å². The van der Waals surface area contributed by atoms with Crippen LogP contribution in [0.5, 0.6) is 5.75 Å². The van der Waals surface area contributed by atoms with Gasteiger partial charge in [-0.15, -0.1) is 0 Å². The maximum Gasteiger partial charge on any atom is 0.255 e. The normalized spacial score (nSPS) is 25.8. The summed E-state index contributed by atoms with van der Waals surface area (Å²) in [7, 11) is 0. The lowest BCUT2D eigenvalue weighted by Crippen LogP contribution is -2.61. The van der Waals surface area contributed by atoms with Crippen molar-refractivity contribution in [1.82, 2.24) is 9.80 Å². The first kappa shape index (κ1) is 25.2. The van der Waals surface area contributed by atoms with Crippen LogP contribution in [0.15, 0.2) is 41.6 Å². The van der Waals surface area contributed by atoms with Crippen molar-refractivity contribution >= 4 is 5.84 Å². The van der Waals surface area contributed by atoms with Crippen LogP contribution >= 0.6 is 0 Å². The highest BCUT2D eigenvalue weighted by Gasteiger charge is 2.57. The van der Waals surface area contributed by atoms with Crippen molar-refractivity contribution in [2.45, 2.75) is 69.4 Å². The fourth-order valence-corrected chi connectivity index (χ4v) is 6.43. The largest absolute Gasteiger partial charge is 0.492 e. The summed E-state index contributed by atoms with van der Waals surface area (Å²) in [6.07, 6.45) is 5.33. The van der Waals surface area contributed by atoms with Gasteiger partial charge in [-0.25, -0.2) is 13.2 Å². The minimum Gasteiger partial charge on any atom is -0.492 e. The number of rotatable bonds is 7. The van der Waals surface area contributed by atoms with E-state index < -0.39 is 11.8 Å². The second kappa shape index (κ2) is 9.43. The molecule has 8 heteroatoms. The Morgan fingerprint density at radius 2 is 1.77 bits per heavy atom. The summed E-state index contributed by atoms with van der Waals surface area (Å²) >= 11 is 0. The Morgan fingerprint density at radius 3 is 2.44 bits per heavy atom. The first-order valence-corrected chi connectivity index (χ1v) is 14.4. The molecule has 3 aliphatic heterocycles. The van der Waals surface area contributed by atoms with Gasteiger partial charge in [-0.1, -0.05) is 30.3 Å². The number of hydrogen-bond donors (Lipinski definition) is 0. The average molecular weight is 540 g/mol. The lowest BCUT2D eigenvalue weighted by atomic mass is 9.88. The number of ether oxygens (including phenoxy) is 1. The van der Waals surface area contributed by atoms with Crippen molar-refractivity contribution in [2.24, 2.45) is 17.0 Å². The molecule has 0 aromatic heterocycles. The standard InChI is InChI=1S/C31H36F3N3O2/c1-20-8-10-37(11-9-20)28-15-30(39-35-28)18-36(19-30)16-21-12-26(22-2-3-22)29(23-4-6-25(32)7-5-23)27(13-21)38-17-24-14-31(24,33)34/h4-7,12-13,20,22,24H,2-3,8-11,14-19H2,1H3/t24-/m1/s1. The van der Waals surface area contributed by atoms with E-state index in [2.05, 4.69) is 27.9 Å². The summed E-state index contributed by atoms with van der Waals surface area (Å²) in [5, 5.41) is 4.48. The van der Waals surface area contributed by atoms with Gasteiger partial charge >= 0.3 is 0 Å². The van der Waals surface area contributed by atoms with Gasteiger partial charge in [-0.2, -0.15) is 0 Å². The van der Waals surface area contributed by atoms with E-state index in [4.69, 9.17) is 9.57 Å². The molecule has 7 rings (SSSR count). The highest BCUT2D eigenvalue weighted by Crippen LogP contribution is 2.51. The molecule has 0 N–H and O–H groups in total. The summed E-state index contributed by atoms with van der Waals surface area (Å²) in [5.74, 6) is -0.756. The molecular weight excluding hydrogens is 503 g/mol. The molecule has 1 atom stereocenters. The molecule has 0 bridgehead atoms. The molecule has 0 unspecified atom stereocenters. The lowest BCUT2D eigenvalue weighted by Gasteiger charge is -2.45. The molecule has 2 saturated carbocycles. The van der Waals surface area contributed by atoms with Gasteiger partial charge in [0.1, 0.15) is 17.4 Å². The average Bonchev–Trinajstić information content (AvgIpc) is 3.79. The van der Waals surface area contributed by atoms with Crippen molar-refractivity contribution < 1.29 is 22.7 Å². The second-order valence-corrected chi connectivity index (χ2v) is 12.6. The quantitative estimate of drug-likeness (QED) is 0.407. The van der Waals surface area contributed by atoms with E-state index in [1.54, 1.807) is 12.1 Å². The van der Waals surface area contributed by atoms with E-state index in [1.807, 2.05) is 6.07 Å². The third kappa shape index (κ3) is 5.12. The monoisotopic (exact) mass is 539 g/mol. The maximum atomic E-state index is 13.7. The minimum absolute atomic E-state index is 0.00911. The molecule has 208 valence electrons. The molecule has 2 aromatic carbocycles. The van der Waals surface area contributed by atoms with Gasteiger partial charge in [0, 0.05) is 44.7 Å². The second-order valence-electron chi connectivity index (χ2n) is 12.6. The van der Waals surface area contributed by atoms with E-state index in [9.17, 15) is 13.2 Å². The minimum atomic E-state index is -2.63. The number of nitrogens with zero attached hydrogens (tertiary/aromatic N) is 3. The molecular formula is C31H36F3N3O2. The number of benzene rings is 2. The van der Waals surface area contributed by atoms with Crippen LogP contribution in [0.3, 0.4) is 0 Å². The zero-order valence-corrected chi connectivity index (χ0v) is 22.5. The predicted molar refractivity (Wildman–Crippen MR) is 143 cm³/mol. The number of oxime groups is 1. The van der Waals surface area contributed by atoms with Crippen LogP contribution in [0.25, 0.3) is 11.1 Å². The molecule has 5 aliphatic rings. The SMILES string of the molecule is CC1CCN(C2=NOC3(C2)CN(Cc2cc(OC[C@H]4CC4(F)F)c(-c4ccc(F)cc4)c(C4CC4)c2)C3)CC1. The Morgan fingerprint density at radius 1 is 1.05 bits per heavy atom. The summed E-state index contributed by atoms with van der Waals surface area (Å²) in [5.41, 5.74) is 3.83. The van der Waals surface area contributed by atoms with Crippen molar-refractivity contribution in [3.05, 3.63) is 53.3 Å². The van der Waals surface area contributed by atoms with Crippen LogP contribution in [0.2, 0.25) is 0 Å². The molecule has 2 saturated heterocycles. The van der Waals surface area contributed by atoms with Crippen LogP contribution in [0.4, 0.5) is 13.2 Å². The number of hydrogen-bond acceptors (Lipinski definition) is 5. The number of alkyl halides is 2. The summed E-state index contributed by atoms with van der Waals surface area (Å²) < 4.78 is 47.1. The Balaban J connectivity index is 1.08. The zero-order chi connectivity index (χ0) is 26.8. The van der Waals surface area contributed by atoms with Gasteiger partial charge in [0.2, 0.25) is 0 Å². The van der Waals surface area contributed by atoms with Gasteiger partial charge in [-0.3, -0.25) is 4.90 Å². The topological polar surface area (TPSA) is 37.3 Å². The molecule has 39 heavy (non-hydrogen) atoms. The third-order valence-electron chi connectivity index (χ3n) is 9.14. The van der Waals surface area contributed by atoms with Gasteiger partial charge in [0.25, 0.3) is 5.92 Å². The Labute approximate surface area is 227 Å². The molecule has 0 radical (unpaired) electrons. The highest BCUT2D eigenvalue weighted by atomic mass is 19.3. The zero-order valence-electron chi connectivity index (χ0n) is 22.5. The predicted octanol–water partition coefficient (Wildman–Crippen LogP) is 6.42. The van der Waals surface area contributed by atoms with Gasteiger partial charge in [0.05, 0.1) is 18.9 Å². The van der Waals surface area contributed by atoms with Crippen molar-refractivity contribution in [3.63, 3.8) is 0 Å². The molecule has 2 aromatic rings. The van der Waals surface area contributed by atoms with E-state index in [0.717, 1.165) is 80.4 Å². The molecule has 4 fully saturated rings. The lowest BCUT2D eigenvalue weighted by molar-refractivity contribution is -0.128. The Bertz CT molecular complexity index is 1260. The summed E-state index contributed by atoms with van der Waals surface area (Å²) in [4.78, 5) is 10.7. The fraction of sp³-hybridized carbons (Fsp3) is 0.581. The van der Waals surface area contributed by atoms with Crippen LogP contribution in [0.1, 0.15) is 62.5 Å². The first-order valence-electron chi connectivity index (χ1n) is 14.4. The van der Waals surface area contributed by atoms with E-state index in [0.29, 0.717) is 11.7 Å². The number of halogens is 3. The van der Waals surface area contributed by atoms with Crippen molar-refractivity contribution in [3.8, 4) is 16.9 Å². The highest BCUT2D eigenvalue weighted by molar-refractivity contribution is 5.84. The van der Waals surface area contributed by atoms with Crippen molar-refractivity contribution in [1.29, 1.82) is 0 Å². The van der Waals surface area contributed by atoms with E-state index in [-0.39, 0.29) is 24.4 Å². The van der Waals surface area contributed by atoms with Gasteiger partial charge in [0.15, 0.2) is 5.60 Å². The molecule has 1 spiro atoms. The molecule has 3 heterocycles. The van der Waals surface area contributed by atoms with Crippen LogP contribution in [-0.2, 0) is 11.4 Å². The smallest absolute Gasteiger partial charge is 0.255 e. The van der Waals surface area contributed by atoms with Crippen LogP contribution in [-0.4, -0.2) is 59.9 Å². The van der Waals surface area contributed by atoms with Crippen LogP contribution in [0, 0.1) is 17.7 Å². The van der Waals surface area contributed by atoms with Gasteiger partial charge < -0.3 is 14.5 Å². The Hall–Kier alpha value is -2.74. The summed E-state index contributed by atoms with van der Waals surface area (Å²) in [6, 6.07) is 10.6. The molecule has 2 aliphatic carbocycles. The number of piperidine rings is 1. The molecule has 0 amide bonds. The maximum absolute atomic E-state index is 13.7. The number of amidine groups is 1. The number of likely N-dealkylation sites (tertiary alicyclic amines) is 2. The molecule has 5 nitrogen and oxygen atoms in total. The first-order chi connectivity index (χ1) is 18.8. The summed E-state index contributed by atoms with van der Waals surface area (Å²) in [6.45, 7) is 6.78. The fourth-order valence-electron chi connectivity index (χ4n) is 6.43. The third-order valence-corrected chi connectivity index (χ3v) is 9.14.